The molecule has 0 aliphatic heterocycles. The lowest BCUT2D eigenvalue weighted by atomic mass is 10.00. The number of aromatic nitrogens is 1. The summed E-state index contributed by atoms with van der Waals surface area (Å²) in [5.41, 5.74) is 3.48. The number of carbonyl (C=O) groups excluding carboxylic acids is 1. The fourth-order valence-corrected chi connectivity index (χ4v) is 5.15. The molecule has 5 aromatic carbocycles. The largest absolute Gasteiger partial charge is 0.508 e. The van der Waals surface area contributed by atoms with E-state index < -0.39 is 5.97 Å². The Morgan fingerprint density at radius 1 is 0.644 bits per heavy atom. The number of fused-ring (bicyclic) bond motifs is 3. The van der Waals surface area contributed by atoms with Gasteiger partial charge in [-0.15, -0.1) is 0 Å². The van der Waals surface area contributed by atoms with E-state index in [1.54, 1.807) is 81.1 Å². The number of hydrogen-bond acceptors (Lipinski definition) is 8. The number of esters is 1. The lowest BCUT2D eigenvalue weighted by Crippen LogP contribution is -2.02. The molecule has 0 spiro atoms. The molecule has 0 atom stereocenters. The molecule has 9 nitrogen and oxygen atoms in total. The molecule has 0 fully saturated rings. The standard InChI is InChI=1S/C23H19NO5.C13H12O3/c1-13-4-6-16(23(25)26)15-7-5-14(10-17(13)15)29-20-8-9-24-19-12-22(28-3)21(27-2)11-18(19)20;1-8-3-5-11(13(15)16-2)10-6-4-9(14)7-12(8)10/h4-12H,1-3H3,(H,25,26);3-7,14H,1-2H3. The highest BCUT2D eigenvalue weighted by Gasteiger charge is 2.14. The minimum absolute atomic E-state index is 0.192. The predicted molar refractivity (Wildman–Crippen MR) is 172 cm³/mol. The van der Waals surface area contributed by atoms with Gasteiger partial charge < -0.3 is 29.2 Å². The number of ether oxygens (including phenoxy) is 4. The van der Waals surface area contributed by atoms with Gasteiger partial charge in [0.05, 0.1) is 38.0 Å². The van der Waals surface area contributed by atoms with Crippen molar-refractivity contribution < 1.29 is 38.7 Å². The van der Waals surface area contributed by atoms with Gasteiger partial charge in [0.15, 0.2) is 11.5 Å². The number of carbonyl (C=O) groups is 2. The molecule has 2 N–H and O–H groups in total. The van der Waals surface area contributed by atoms with E-state index in [9.17, 15) is 19.8 Å². The van der Waals surface area contributed by atoms with Crippen LogP contribution >= 0.6 is 0 Å². The van der Waals surface area contributed by atoms with Gasteiger partial charge in [0.1, 0.15) is 17.2 Å². The van der Waals surface area contributed by atoms with Crippen molar-refractivity contribution in [3.8, 4) is 28.7 Å². The SMILES string of the molecule is COC(=O)c1ccc(C)c2cc(O)ccc12.COc1cc2nccc(Oc3ccc4c(C(=O)O)ccc(C)c4c3)c2cc1OC. The van der Waals surface area contributed by atoms with Crippen LogP contribution in [0.25, 0.3) is 32.4 Å². The lowest BCUT2D eigenvalue weighted by Gasteiger charge is -2.13. The minimum Gasteiger partial charge on any atom is -0.508 e. The van der Waals surface area contributed by atoms with Gasteiger partial charge in [-0.1, -0.05) is 12.1 Å². The van der Waals surface area contributed by atoms with Gasteiger partial charge in [-0.05, 0) is 107 Å². The number of methoxy groups -OCH3 is 3. The normalized spacial score (nSPS) is 10.7. The van der Waals surface area contributed by atoms with E-state index in [2.05, 4.69) is 4.98 Å². The first kappa shape index (κ1) is 30.6. The van der Waals surface area contributed by atoms with Crippen LogP contribution in [0.1, 0.15) is 31.8 Å². The van der Waals surface area contributed by atoms with Gasteiger partial charge in [-0.3, -0.25) is 4.98 Å². The lowest BCUT2D eigenvalue weighted by molar-refractivity contribution is 0.0602. The summed E-state index contributed by atoms with van der Waals surface area (Å²) in [5, 5.41) is 22.8. The minimum atomic E-state index is -0.954. The second-order valence-electron chi connectivity index (χ2n) is 10.2. The number of phenolic OH excluding ortho intramolecular Hbond substituents is 1. The zero-order valence-corrected chi connectivity index (χ0v) is 25.4. The van der Waals surface area contributed by atoms with Crippen molar-refractivity contribution >= 4 is 44.4 Å². The second-order valence-corrected chi connectivity index (χ2v) is 10.2. The first-order chi connectivity index (χ1) is 21.6. The molecule has 45 heavy (non-hydrogen) atoms. The number of nitrogens with zero attached hydrogens (tertiary/aromatic N) is 1. The Bertz CT molecular complexity index is 2090. The molecule has 0 saturated carbocycles. The summed E-state index contributed by atoms with van der Waals surface area (Å²) in [6.07, 6.45) is 1.67. The van der Waals surface area contributed by atoms with Gasteiger partial charge in [-0.25, -0.2) is 9.59 Å². The predicted octanol–water partition coefficient (Wildman–Crippen LogP) is 7.84. The Morgan fingerprint density at radius 3 is 1.93 bits per heavy atom. The Balaban J connectivity index is 0.000000211. The number of phenols is 1. The topological polar surface area (TPSA) is 124 Å². The van der Waals surface area contributed by atoms with Gasteiger partial charge in [0.25, 0.3) is 0 Å². The Kier molecular flexibility index (Phi) is 8.71. The molecule has 228 valence electrons. The van der Waals surface area contributed by atoms with Crippen LogP contribution in [0.15, 0.2) is 85.1 Å². The van der Waals surface area contributed by atoms with Crippen molar-refractivity contribution in [2.75, 3.05) is 21.3 Å². The van der Waals surface area contributed by atoms with E-state index in [0.717, 1.165) is 32.7 Å². The zero-order chi connectivity index (χ0) is 32.2. The van der Waals surface area contributed by atoms with Crippen molar-refractivity contribution in [2.24, 2.45) is 0 Å². The molecule has 0 aliphatic rings. The summed E-state index contributed by atoms with van der Waals surface area (Å²) in [6, 6.07) is 22.7. The van der Waals surface area contributed by atoms with Crippen LogP contribution in [0.2, 0.25) is 0 Å². The highest BCUT2D eigenvalue weighted by atomic mass is 16.5. The summed E-state index contributed by atoms with van der Waals surface area (Å²) in [7, 11) is 4.51. The average molecular weight is 606 g/mol. The van der Waals surface area contributed by atoms with Crippen LogP contribution in [0.5, 0.6) is 28.7 Å². The van der Waals surface area contributed by atoms with Gasteiger partial charge in [0.2, 0.25) is 0 Å². The molecule has 0 unspecified atom stereocenters. The number of aryl methyl sites for hydroxylation is 2. The number of aromatic hydroxyl groups is 1. The van der Waals surface area contributed by atoms with Crippen molar-refractivity contribution in [1.82, 2.24) is 4.98 Å². The van der Waals surface area contributed by atoms with Crippen LogP contribution in [-0.2, 0) is 4.74 Å². The van der Waals surface area contributed by atoms with Crippen LogP contribution in [0, 0.1) is 13.8 Å². The first-order valence-corrected chi connectivity index (χ1v) is 13.9. The Morgan fingerprint density at radius 2 is 1.27 bits per heavy atom. The van der Waals surface area contributed by atoms with Crippen molar-refractivity contribution in [2.45, 2.75) is 13.8 Å². The van der Waals surface area contributed by atoms with E-state index in [4.69, 9.17) is 18.9 Å². The second kappa shape index (κ2) is 12.8. The Labute approximate surface area is 259 Å². The van der Waals surface area contributed by atoms with E-state index in [-0.39, 0.29) is 17.3 Å². The van der Waals surface area contributed by atoms with E-state index >= 15 is 0 Å². The molecule has 0 amide bonds. The third kappa shape index (κ3) is 6.14. The van der Waals surface area contributed by atoms with Crippen molar-refractivity contribution in [1.29, 1.82) is 0 Å². The number of aromatic carboxylic acids is 1. The van der Waals surface area contributed by atoms with Gasteiger partial charge in [0, 0.05) is 17.6 Å². The quantitative estimate of drug-likeness (QED) is 0.183. The number of carboxylic acids is 1. The highest BCUT2D eigenvalue weighted by molar-refractivity contribution is 6.06. The third-order valence-electron chi connectivity index (χ3n) is 7.49. The number of pyridine rings is 1. The third-order valence-corrected chi connectivity index (χ3v) is 7.49. The fourth-order valence-electron chi connectivity index (χ4n) is 5.15. The maximum Gasteiger partial charge on any atom is 0.338 e. The van der Waals surface area contributed by atoms with Crippen LogP contribution in [-0.4, -0.2) is 48.5 Å². The molecular formula is C36H31NO8. The van der Waals surface area contributed by atoms with E-state index in [0.29, 0.717) is 39.5 Å². The molecule has 0 radical (unpaired) electrons. The smallest absolute Gasteiger partial charge is 0.338 e. The summed E-state index contributed by atoms with van der Waals surface area (Å²) >= 11 is 0. The molecule has 1 aromatic heterocycles. The van der Waals surface area contributed by atoms with Crippen LogP contribution < -0.4 is 14.2 Å². The number of benzene rings is 5. The first-order valence-electron chi connectivity index (χ1n) is 13.9. The molecule has 0 bridgehead atoms. The summed E-state index contributed by atoms with van der Waals surface area (Å²) in [5.74, 6) is 1.26. The zero-order valence-electron chi connectivity index (χ0n) is 25.4. The summed E-state index contributed by atoms with van der Waals surface area (Å²) in [6.45, 7) is 3.87. The van der Waals surface area contributed by atoms with Gasteiger partial charge >= 0.3 is 11.9 Å². The number of carboxylic acid groups (broad SMARTS) is 1. The van der Waals surface area contributed by atoms with E-state index in [1.807, 2.05) is 32.0 Å². The maximum atomic E-state index is 11.5. The monoisotopic (exact) mass is 605 g/mol. The summed E-state index contributed by atoms with van der Waals surface area (Å²) in [4.78, 5) is 27.4. The number of rotatable bonds is 6. The maximum absolute atomic E-state index is 11.5. The van der Waals surface area contributed by atoms with E-state index in [1.165, 1.54) is 7.11 Å². The van der Waals surface area contributed by atoms with Gasteiger partial charge in [-0.2, -0.15) is 0 Å². The van der Waals surface area contributed by atoms with Crippen LogP contribution in [0.4, 0.5) is 0 Å². The highest BCUT2D eigenvalue weighted by Crippen LogP contribution is 2.38. The molecule has 6 rings (SSSR count). The average Bonchev–Trinajstić information content (AvgIpc) is 3.04. The number of hydrogen-bond donors (Lipinski definition) is 2. The van der Waals surface area contributed by atoms with Crippen LogP contribution in [0.3, 0.4) is 0 Å². The van der Waals surface area contributed by atoms with Crippen molar-refractivity contribution in [3.63, 3.8) is 0 Å². The molecule has 6 aromatic rings. The Hall–Kier alpha value is -5.83. The summed E-state index contributed by atoms with van der Waals surface area (Å²) < 4.78 is 21.6. The molecule has 0 saturated heterocycles. The molecule has 0 aliphatic carbocycles. The molecule has 1 heterocycles. The van der Waals surface area contributed by atoms with Crippen molar-refractivity contribution in [3.05, 3.63) is 107 Å². The molecular weight excluding hydrogens is 574 g/mol. The fraction of sp³-hybridized carbons (Fsp3) is 0.139. The molecule has 9 heteroatoms.